The number of nitrogens with zero attached hydrogens (tertiary/aromatic N) is 2. The Morgan fingerprint density at radius 1 is 1.15 bits per heavy atom. The lowest BCUT2D eigenvalue weighted by Crippen LogP contribution is -2.47. The van der Waals surface area contributed by atoms with Gasteiger partial charge in [-0.3, -0.25) is 4.79 Å². The summed E-state index contributed by atoms with van der Waals surface area (Å²) in [6, 6.07) is 6.17. The fourth-order valence-corrected chi connectivity index (χ4v) is 4.48. The van der Waals surface area contributed by atoms with Crippen LogP contribution < -0.4 is 4.74 Å². The molecule has 1 amide bonds. The summed E-state index contributed by atoms with van der Waals surface area (Å²) in [4.78, 5) is 14.3. The van der Waals surface area contributed by atoms with E-state index >= 15 is 0 Å². The van der Waals surface area contributed by atoms with Gasteiger partial charge in [0.1, 0.15) is 5.75 Å². The number of rotatable bonds is 6. The summed E-state index contributed by atoms with van der Waals surface area (Å²) < 4.78 is 42.9. The summed E-state index contributed by atoms with van der Waals surface area (Å²) in [5.41, 5.74) is 0. The molecule has 1 unspecified atom stereocenters. The topological polar surface area (TPSA) is 85.4 Å². The average molecular weight is 398 g/mol. The second-order valence-electron chi connectivity index (χ2n) is 6.52. The molecule has 27 heavy (non-hydrogen) atoms. The van der Waals surface area contributed by atoms with Crippen LogP contribution in [0.3, 0.4) is 0 Å². The number of carbonyl (C=O) groups is 1. The number of hydrogen-bond donors (Lipinski definition) is 0. The molecule has 1 atom stereocenters. The zero-order valence-electron chi connectivity index (χ0n) is 15.5. The first-order valence-corrected chi connectivity index (χ1v) is 10.6. The lowest BCUT2D eigenvalue weighted by Gasteiger charge is -2.32. The van der Waals surface area contributed by atoms with Crippen molar-refractivity contribution in [3.8, 4) is 5.75 Å². The van der Waals surface area contributed by atoms with Crippen LogP contribution in [0.15, 0.2) is 29.2 Å². The summed E-state index contributed by atoms with van der Waals surface area (Å²) in [5.74, 6) is 0.367. The molecule has 2 aliphatic heterocycles. The van der Waals surface area contributed by atoms with E-state index in [1.54, 1.807) is 17.0 Å². The molecule has 0 aromatic heterocycles. The van der Waals surface area contributed by atoms with Gasteiger partial charge in [-0.1, -0.05) is 6.92 Å². The number of carbonyl (C=O) groups excluding carboxylic acids is 1. The van der Waals surface area contributed by atoms with Crippen LogP contribution >= 0.6 is 0 Å². The Labute approximate surface area is 160 Å². The molecule has 2 heterocycles. The maximum absolute atomic E-state index is 12.6. The molecule has 9 heteroatoms. The van der Waals surface area contributed by atoms with Crippen molar-refractivity contribution in [2.75, 3.05) is 52.6 Å². The van der Waals surface area contributed by atoms with E-state index in [2.05, 4.69) is 0 Å². The van der Waals surface area contributed by atoms with Crippen LogP contribution in [0.5, 0.6) is 5.75 Å². The van der Waals surface area contributed by atoms with E-state index in [9.17, 15) is 13.2 Å². The van der Waals surface area contributed by atoms with Crippen molar-refractivity contribution < 1.29 is 27.4 Å². The Balaban J connectivity index is 1.55. The Bertz CT molecular complexity index is 731. The van der Waals surface area contributed by atoms with Gasteiger partial charge >= 0.3 is 0 Å². The standard InChI is InChI=1S/C18H26N2O6S/c1-2-15-13-19(7-12-25-15)18(21)14-26-16-3-5-17(6-4-16)27(22,23)20-8-10-24-11-9-20/h3-6,15H,2,7-14H2,1H3. The van der Waals surface area contributed by atoms with Gasteiger partial charge in [-0.15, -0.1) is 0 Å². The predicted octanol–water partition coefficient (Wildman–Crippen LogP) is 0.724. The summed E-state index contributed by atoms with van der Waals surface area (Å²) in [6.07, 6.45) is 0.941. The second-order valence-corrected chi connectivity index (χ2v) is 8.46. The highest BCUT2D eigenvalue weighted by molar-refractivity contribution is 7.89. The van der Waals surface area contributed by atoms with E-state index in [1.807, 2.05) is 6.92 Å². The zero-order valence-corrected chi connectivity index (χ0v) is 16.3. The summed E-state index contributed by atoms with van der Waals surface area (Å²) in [6.45, 7) is 5.16. The fourth-order valence-electron chi connectivity index (χ4n) is 3.07. The molecule has 8 nitrogen and oxygen atoms in total. The third-order valence-electron chi connectivity index (χ3n) is 4.74. The van der Waals surface area contributed by atoms with Gasteiger partial charge in [0.05, 0.1) is 30.8 Å². The van der Waals surface area contributed by atoms with Crippen molar-refractivity contribution >= 4 is 15.9 Å². The number of ether oxygens (including phenoxy) is 3. The summed E-state index contributed by atoms with van der Waals surface area (Å²) in [7, 11) is -3.53. The summed E-state index contributed by atoms with van der Waals surface area (Å²) >= 11 is 0. The highest BCUT2D eigenvalue weighted by Crippen LogP contribution is 2.20. The van der Waals surface area contributed by atoms with Gasteiger partial charge in [-0.25, -0.2) is 8.42 Å². The minimum atomic E-state index is -3.53. The quantitative estimate of drug-likeness (QED) is 0.702. The normalized spacial score (nSPS) is 21.8. The molecule has 0 spiro atoms. The first kappa shape index (κ1) is 20.1. The smallest absolute Gasteiger partial charge is 0.260 e. The van der Waals surface area contributed by atoms with Crippen molar-refractivity contribution in [3.05, 3.63) is 24.3 Å². The number of morpholine rings is 2. The number of hydrogen-bond acceptors (Lipinski definition) is 6. The number of sulfonamides is 1. The molecule has 1 aromatic carbocycles. The molecule has 2 aliphatic rings. The molecule has 0 bridgehead atoms. The second kappa shape index (κ2) is 9.01. The predicted molar refractivity (Wildman–Crippen MR) is 98.1 cm³/mol. The van der Waals surface area contributed by atoms with E-state index in [0.29, 0.717) is 51.7 Å². The molecule has 2 saturated heterocycles. The highest BCUT2D eigenvalue weighted by Gasteiger charge is 2.26. The molecular formula is C18H26N2O6S. The van der Waals surface area contributed by atoms with Crippen LogP contribution in [0.1, 0.15) is 13.3 Å². The maximum Gasteiger partial charge on any atom is 0.260 e. The van der Waals surface area contributed by atoms with Gasteiger partial charge in [0.15, 0.2) is 6.61 Å². The third-order valence-corrected chi connectivity index (χ3v) is 6.65. The SMILES string of the molecule is CCC1CN(C(=O)COc2ccc(S(=O)(=O)N3CCOCC3)cc2)CCO1. The van der Waals surface area contributed by atoms with Crippen LogP contribution in [0.4, 0.5) is 0 Å². The van der Waals surface area contributed by atoms with E-state index in [-0.39, 0.29) is 23.5 Å². The minimum Gasteiger partial charge on any atom is -0.484 e. The van der Waals surface area contributed by atoms with E-state index in [4.69, 9.17) is 14.2 Å². The Morgan fingerprint density at radius 3 is 2.52 bits per heavy atom. The van der Waals surface area contributed by atoms with Crippen LogP contribution in [-0.4, -0.2) is 82.2 Å². The van der Waals surface area contributed by atoms with Gasteiger partial charge in [-0.2, -0.15) is 4.31 Å². The Morgan fingerprint density at radius 2 is 1.85 bits per heavy atom. The van der Waals surface area contributed by atoms with Crippen molar-refractivity contribution in [1.29, 1.82) is 0 Å². The van der Waals surface area contributed by atoms with Crippen LogP contribution in [0.2, 0.25) is 0 Å². The van der Waals surface area contributed by atoms with Crippen molar-refractivity contribution in [2.24, 2.45) is 0 Å². The molecular weight excluding hydrogens is 372 g/mol. The van der Waals surface area contributed by atoms with Crippen LogP contribution in [0, 0.1) is 0 Å². The molecule has 0 aliphatic carbocycles. The molecule has 2 fully saturated rings. The van der Waals surface area contributed by atoms with Gasteiger partial charge in [0.25, 0.3) is 5.91 Å². The third kappa shape index (κ3) is 4.98. The van der Waals surface area contributed by atoms with Gasteiger partial charge in [0, 0.05) is 26.2 Å². The van der Waals surface area contributed by atoms with E-state index in [0.717, 1.165) is 6.42 Å². The van der Waals surface area contributed by atoms with Crippen LogP contribution in [-0.2, 0) is 24.3 Å². The van der Waals surface area contributed by atoms with Crippen molar-refractivity contribution in [3.63, 3.8) is 0 Å². The summed E-state index contributed by atoms with van der Waals surface area (Å²) in [5, 5.41) is 0. The molecule has 150 valence electrons. The van der Waals surface area contributed by atoms with Gasteiger partial charge in [0.2, 0.25) is 10.0 Å². The highest BCUT2D eigenvalue weighted by atomic mass is 32.2. The number of amides is 1. The molecule has 3 rings (SSSR count). The fraction of sp³-hybridized carbons (Fsp3) is 0.611. The largest absolute Gasteiger partial charge is 0.484 e. The van der Waals surface area contributed by atoms with Gasteiger partial charge in [-0.05, 0) is 30.7 Å². The maximum atomic E-state index is 12.6. The first-order chi connectivity index (χ1) is 13.0. The van der Waals surface area contributed by atoms with E-state index in [1.165, 1.54) is 16.4 Å². The zero-order chi connectivity index (χ0) is 19.3. The van der Waals surface area contributed by atoms with Crippen molar-refractivity contribution in [2.45, 2.75) is 24.3 Å². The van der Waals surface area contributed by atoms with Crippen LogP contribution in [0.25, 0.3) is 0 Å². The van der Waals surface area contributed by atoms with Crippen molar-refractivity contribution in [1.82, 2.24) is 9.21 Å². The minimum absolute atomic E-state index is 0.0763. The molecule has 1 aromatic rings. The monoisotopic (exact) mass is 398 g/mol. The van der Waals surface area contributed by atoms with E-state index < -0.39 is 10.0 Å². The molecule has 0 N–H and O–H groups in total. The Kier molecular flexibility index (Phi) is 6.69. The van der Waals surface area contributed by atoms with Gasteiger partial charge < -0.3 is 19.1 Å². The average Bonchev–Trinajstić information content (AvgIpc) is 2.73. The number of benzene rings is 1. The molecule has 0 radical (unpaired) electrons. The Hall–Kier alpha value is -1.68. The first-order valence-electron chi connectivity index (χ1n) is 9.21. The lowest BCUT2D eigenvalue weighted by atomic mass is 10.2. The lowest BCUT2D eigenvalue weighted by molar-refractivity contribution is -0.141. The molecule has 0 saturated carbocycles.